The fourth-order valence-corrected chi connectivity index (χ4v) is 5.34. The summed E-state index contributed by atoms with van der Waals surface area (Å²) in [5, 5.41) is 5.69. The number of thiophene rings is 2. The van der Waals surface area contributed by atoms with Crippen molar-refractivity contribution in [2.45, 2.75) is 33.1 Å². The minimum absolute atomic E-state index is 0.215. The van der Waals surface area contributed by atoms with Crippen LogP contribution < -0.4 is 16.2 Å². The normalized spacial score (nSPS) is 15.6. The van der Waals surface area contributed by atoms with Crippen molar-refractivity contribution < 1.29 is 14.3 Å². The van der Waals surface area contributed by atoms with Gasteiger partial charge < -0.3 is 10.1 Å². The van der Waals surface area contributed by atoms with Crippen molar-refractivity contribution in [3.63, 3.8) is 0 Å². The molecule has 1 amide bonds. The molecule has 0 bridgehead atoms. The third kappa shape index (κ3) is 4.48. The number of carbonyl (C=O) groups excluding carboxylic acids is 2. The fourth-order valence-electron chi connectivity index (χ4n) is 3.04. The quantitative estimate of drug-likeness (QED) is 0.397. The Labute approximate surface area is 171 Å². The molecule has 0 saturated heterocycles. The molecule has 0 radical (unpaired) electrons. The van der Waals surface area contributed by atoms with Crippen LogP contribution in [0.15, 0.2) is 11.4 Å². The van der Waals surface area contributed by atoms with Gasteiger partial charge in [-0.3, -0.25) is 15.6 Å². The first kappa shape index (κ1) is 19.8. The molecule has 2 aromatic heterocycles. The van der Waals surface area contributed by atoms with Gasteiger partial charge in [0.25, 0.3) is 5.91 Å². The molecule has 1 atom stereocenters. The van der Waals surface area contributed by atoms with Gasteiger partial charge in [0.1, 0.15) is 5.00 Å². The van der Waals surface area contributed by atoms with E-state index in [0.29, 0.717) is 22.0 Å². The number of hydrogen-bond acceptors (Lipinski definition) is 6. The molecule has 0 aliphatic heterocycles. The van der Waals surface area contributed by atoms with Crippen molar-refractivity contribution in [1.29, 1.82) is 0 Å². The van der Waals surface area contributed by atoms with Crippen LogP contribution in [0.4, 0.5) is 5.00 Å². The van der Waals surface area contributed by atoms with Gasteiger partial charge in [-0.1, -0.05) is 6.92 Å². The number of aryl methyl sites for hydroxylation is 1. The summed E-state index contributed by atoms with van der Waals surface area (Å²) in [6, 6.07) is 1.81. The zero-order valence-corrected chi connectivity index (χ0v) is 17.8. The van der Waals surface area contributed by atoms with E-state index in [-0.39, 0.29) is 17.0 Å². The van der Waals surface area contributed by atoms with E-state index in [4.69, 9.17) is 17.0 Å². The van der Waals surface area contributed by atoms with Crippen LogP contribution in [0.25, 0.3) is 0 Å². The number of hydrogen-bond donors (Lipinski definition) is 3. The van der Waals surface area contributed by atoms with Crippen LogP contribution in [-0.4, -0.2) is 24.1 Å². The van der Waals surface area contributed by atoms with Crippen molar-refractivity contribution in [3.8, 4) is 0 Å². The highest BCUT2D eigenvalue weighted by Gasteiger charge is 2.28. The Morgan fingerprint density at radius 3 is 2.78 bits per heavy atom. The monoisotopic (exact) mass is 423 g/mol. The van der Waals surface area contributed by atoms with E-state index in [0.717, 1.165) is 29.7 Å². The third-order valence-corrected chi connectivity index (χ3v) is 6.65. The van der Waals surface area contributed by atoms with Gasteiger partial charge in [-0.15, -0.1) is 22.7 Å². The summed E-state index contributed by atoms with van der Waals surface area (Å²) in [6.45, 7) is 4.15. The van der Waals surface area contributed by atoms with Gasteiger partial charge >= 0.3 is 5.97 Å². The Morgan fingerprint density at radius 2 is 2.11 bits per heavy atom. The molecule has 144 valence electrons. The number of methoxy groups -OCH3 is 1. The van der Waals surface area contributed by atoms with Gasteiger partial charge in [-0.25, -0.2) is 4.79 Å². The maximum Gasteiger partial charge on any atom is 0.341 e. The molecule has 1 aliphatic carbocycles. The lowest BCUT2D eigenvalue weighted by Crippen LogP contribution is -2.43. The number of ether oxygens (including phenoxy) is 1. The van der Waals surface area contributed by atoms with E-state index in [9.17, 15) is 9.59 Å². The first-order valence-electron chi connectivity index (χ1n) is 8.54. The Bertz CT molecular complexity index is 888. The first-order valence-corrected chi connectivity index (χ1v) is 10.6. The van der Waals surface area contributed by atoms with E-state index in [1.807, 2.05) is 13.0 Å². The molecule has 0 unspecified atom stereocenters. The average Bonchev–Trinajstić information content (AvgIpc) is 3.22. The predicted molar refractivity (Wildman–Crippen MR) is 113 cm³/mol. The van der Waals surface area contributed by atoms with E-state index in [1.165, 1.54) is 34.7 Å². The molecule has 27 heavy (non-hydrogen) atoms. The second-order valence-electron chi connectivity index (χ2n) is 6.53. The van der Waals surface area contributed by atoms with Crippen LogP contribution in [0, 0.1) is 12.8 Å². The van der Waals surface area contributed by atoms with Gasteiger partial charge in [0.15, 0.2) is 5.11 Å². The molecule has 2 aromatic rings. The lowest BCUT2D eigenvalue weighted by Gasteiger charge is -2.18. The summed E-state index contributed by atoms with van der Waals surface area (Å²) in [4.78, 5) is 26.7. The summed E-state index contributed by atoms with van der Waals surface area (Å²) < 4.78 is 4.96. The third-order valence-electron chi connectivity index (χ3n) is 4.41. The molecule has 0 aromatic carbocycles. The zero-order chi connectivity index (χ0) is 19.6. The SMILES string of the molecule is COC(=O)c1c(NC(=S)NNC(=O)c2csc(C)c2)sc2c1CC[C@@H](C)C2. The summed E-state index contributed by atoms with van der Waals surface area (Å²) in [6.07, 6.45) is 2.85. The van der Waals surface area contributed by atoms with Crippen molar-refractivity contribution in [1.82, 2.24) is 10.9 Å². The second kappa shape index (κ2) is 8.37. The van der Waals surface area contributed by atoms with Crippen LogP contribution in [-0.2, 0) is 17.6 Å². The number of anilines is 1. The van der Waals surface area contributed by atoms with E-state index in [2.05, 4.69) is 23.1 Å². The topological polar surface area (TPSA) is 79.5 Å². The largest absolute Gasteiger partial charge is 0.465 e. The molecule has 3 N–H and O–H groups in total. The van der Waals surface area contributed by atoms with Gasteiger partial charge in [0.05, 0.1) is 18.2 Å². The fraction of sp³-hybridized carbons (Fsp3) is 0.389. The molecule has 3 rings (SSSR count). The Balaban J connectivity index is 1.70. The maximum absolute atomic E-state index is 12.3. The summed E-state index contributed by atoms with van der Waals surface area (Å²) in [5.74, 6) is -0.0472. The number of amides is 1. The number of nitrogens with one attached hydrogen (secondary N) is 3. The molecular weight excluding hydrogens is 402 g/mol. The van der Waals surface area contributed by atoms with E-state index >= 15 is 0 Å². The number of rotatable bonds is 3. The number of esters is 1. The van der Waals surface area contributed by atoms with E-state index < -0.39 is 0 Å². The zero-order valence-electron chi connectivity index (χ0n) is 15.3. The van der Waals surface area contributed by atoms with Crippen molar-refractivity contribution in [2.75, 3.05) is 12.4 Å². The van der Waals surface area contributed by atoms with Crippen molar-refractivity contribution in [2.24, 2.45) is 5.92 Å². The second-order valence-corrected chi connectivity index (χ2v) is 9.16. The van der Waals surface area contributed by atoms with Crippen LogP contribution in [0.5, 0.6) is 0 Å². The Hall–Kier alpha value is -1.97. The van der Waals surface area contributed by atoms with Crippen LogP contribution >= 0.6 is 34.9 Å². The lowest BCUT2D eigenvalue weighted by atomic mass is 9.88. The van der Waals surface area contributed by atoms with E-state index in [1.54, 1.807) is 5.38 Å². The van der Waals surface area contributed by atoms with Crippen molar-refractivity contribution >= 4 is 56.9 Å². The highest BCUT2D eigenvalue weighted by atomic mass is 32.1. The molecule has 9 heteroatoms. The number of carbonyl (C=O) groups is 2. The Morgan fingerprint density at radius 1 is 1.33 bits per heavy atom. The molecule has 2 heterocycles. The molecule has 0 saturated carbocycles. The molecule has 0 spiro atoms. The molecule has 6 nitrogen and oxygen atoms in total. The lowest BCUT2D eigenvalue weighted by molar-refractivity contribution is 0.0600. The van der Waals surface area contributed by atoms with Crippen LogP contribution in [0.2, 0.25) is 0 Å². The number of hydrazine groups is 1. The smallest absolute Gasteiger partial charge is 0.341 e. The highest BCUT2D eigenvalue weighted by Crippen LogP contribution is 2.39. The van der Waals surface area contributed by atoms with Crippen LogP contribution in [0.3, 0.4) is 0 Å². The summed E-state index contributed by atoms with van der Waals surface area (Å²) in [5.41, 5.74) is 7.43. The molecule has 1 aliphatic rings. The van der Waals surface area contributed by atoms with Gasteiger partial charge in [0, 0.05) is 15.1 Å². The molecular formula is C18H21N3O3S3. The van der Waals surface area contributed by atoms with Crippen molar-refractivity contribution in [3.05, 3.63) is 37.9 Å². The summed E-state index contributed by atoms with van der Waals surface area (Å²) >= 11 is 8.30. The van der Waals surface area contributed by atoms with Gasteiger partial charge in [-0.05, 0) is 56.0 Å². The minimum atomic E-state index is -0.370. The van der Waals surface area contributed by atoms with Gasteiger partial charge in [0.2, 0.25) is 0 Å². The first-order chi connectivity index (χ1) is 12.9. The number of fused-ring (bicyclic) bond motifs is 1. The van der Waals surface area contributed by atoms with Crippen LogP contribution in [0.1, 0.15) is 49.4 Å². The maximum atomic E-state index is 12.3. The minimum Gasteiger partial charge on any atom is -0.465 e. The average molecular weight is 424 g/mol. The highest BCUT2D eigenvalue weighted by molar-refractivity contribution is 7.80. The summed E-state index contributed by atoms with van der Waals surface area (Å²) in [7, 11) is 1.38. The standard InChI is InChI=1S/C18H21N3O3S3/c1-9-4-5-12-13(6-9)27-16(14(12)17(23)24-3)19-18(25)21-20-15(22)11-7-10(2)26-8-11/h7-9H,4-6H2,1-3H3,(H,20,22)(H2,19,21,25)/t9-/m1/s1. The van der Waals surface area contributed by atoms with Gasteiger partial charge in [-0.2, -0.15) is 0 Å². The predicted octanol–water partition coefficient (Wildman–Crippen LogP) is 3.66. The molecule has 0 fully saturated rings. The number of thiocarbonyl (C=S) groups is 1. The Kier molecular flexibility index (Phi) is 6.13.